The van der Waals surface area contributed by atoms with E-state index >= 15 is 0 Å². The number of esters is 1. The third-order valence-corrected chi connectivity index (χ3v) is 5.87. The summed E-state index contributed by atoms with van der Waals surface area (Å²) in [6, 6.07) is 27.0. The Morgan fingerprint density at radius 1 is 0.909 bits per heavy atom. The Morgan fingerprint density at radius 2 is 1.67 bits per heavy atom. The van der Waals surface area contributed by atoms with E-state index in [1.54, 1.807) is 28.8 Å². The lowest BCUT2D eigenvalue weighted by Crippen LogP contribution is -2.04. The van der Waals surface area contributed by atoms with Crippen LogP contribution < -0.4 is 0 Å². The number of aromatic hydroxyl groups is 1. The van der Waals surface area contributed by atoms with Crippen LogP contribution in [-0.4, -0.2) is 22.8 Å². The van der Waals surface area contributed by atoms with Crippen LogP contribution in [0.3, 0.4) is 0 Å². The van der Waals surface area contributed by atoms with E-state index < -0.39 is 5.97 Å². The van der Waals surface area contributed by atoms with Gasteiger partial charge in [0, 0.05) is 5.39 Å². The highest BCUT2D eigenvalue weighted by atomic mass is 16.5. The summed E-state index contributed by atoms with van der Waals surface area (Å²) in [7, 11) is 1.33. The zero-order valence-corrected chi connectivity index (χ0v) is 17.9. The van der Waals surface area contributed by atoms with Gasteiger partial charge in [-0.05, 0) is 63.0 Å². The molecule has 0 amide bonds. The molecular formula is C27H20N2O4. The summed E-state index contributed by atoms with van der Waals surface area (Å²) in [5.74, 6) is -0.647. The van der Waals surface area contributed by atoms with Gasteiger partial charge in [-0.3, -0.25) is 0 Å². The monoisotopic (exact) mass is 436 g/mol. The molecular weight excluding hydrogens is 416 g/mol. The number of nitrogens with zero attached hydrogens (tertiary/aromatic N) is 2. The van der Waals surface area contributed by atoms with Crippen molar-refractivity contribution in [1.82, 2.24) is 4.57 Å². The maximum atomic E-state index is 11.9. The third-order valence-electron chi connectivity index (χ3n) is 5.87. The van der Waals surface area contributed by atoms with Crippen LogP contribution in [0.15, 0.2) is 90.1 Å². The Labute approximate surface area is 189 Å². The number of hydrogen-bond acceptors (Lipinski definition) is 5. The van der Waals surface area contributed by atoms with Crippen molar-refractivity contribution in [2.24, 2.45) is 5.18 Å². The molecule has 0 spiro atoms. The van der Waals surface area contributed by atoms with Gasteiger partial charge >= 0.3 is 5.97 Å². The number of fused-ring (bicyclic) bond motifs is 2. The van der Waals surface area contributed by atoms with Crippen molar-refractivity contribution in [3.05, 3.63) is 101 Å². The molecule has 33 heavy (non-hydrogen) atoms. The number of methoxy groups -OCH3 is 1. The van der Waals surface area contributed by atoms with Crippen molar-refractivity contribution in [1.29, 1.82) is 0 Å². The molecule has 0 aliphatic carbocycles. The van der Waals surface area contributed by atoms with E-state index in [4.69, 9.17) is 4.74 Å². The number of nitroso groups, excluding NO2 is 1. The second-order valence-corrected chi connectivity index (χ2v) is 7.84. The third kappa shape index (κ3) is 3.61. The standard InChI is InChI=1S/C27H20N2O4/c1-33-27(31)22-8-4-5-17(13-22)16-29-24-15-21(11-12-23(24)25(28-32)26(29)30)20-10-9-18-6-2-3-7-19(18)14-20/h2-15,30H,16H2,1H3. The minimum atomic E-state index is -0.438. The van der Waals surface area contributed by atoms with E-state index in [2.05, 4.69) is 35.5 Å². The van der Waals surface area contributed by atoms with Crippen molar-refractivity contribution < 1.29 is 14.6 Å². The molecule has 0 saturated carbocycles. The summed E-state index contributed by atoms with van der Waals surface area (Å²) in [5.41, 5.74) is 3.84. The van der Waals surface area contributed by atoms with E-state index in [0.29, 0.717) is 16.5 Å². The van der Waals surface area contributed by atoms with Gasteiger partial charge in [-0.15, -0.1) is 4.91 Å². The predicted octanol–water partition coefficient (Wildman–Crippen LogP) is 6.40. The van der Waals surface area contributed by atoms with Gasteiger partial charge in [-0.1, -0.05) is 54.6 Å². The molecule has 0 bridgehead atoms. The van der Waals surface area contributed by atoms with E-state index in [-0.39, 0.29) is 18.1 Å². The van der Waals surface area contributed by atoms with Crippen LogP contribution in [0.4, 0.5) is 5.69 Å². The first-order valence-electron chi connectivity index (χ1n) is 10.4. The Kier molecular flexibility index (Phi) is 5.11. The number of hydrogen-bond donors (Lipinski definition) is 1. The quantitative estimate of drug-likeness (QED) is 0.255. The summed E-state index contributed by atoms with van der Waals surface area (Å²) in [5, 5.41) is 16.7. The number of carbonyl (C=O) groups is 1. The molecule has 1 heterocycles. The van der Waals surface area contributed by atoms with Gasteiger partial charge in [0.25, 0.3) is 0 Å². The van der Waals surface area contributed by atoms with Crippen LogP contribution >= 0.6 is 0 Å². The molecule has 1 aromatic heterocycles. The molecule has 162 valence electrons. The number of carbonyl (C=O) groups excluding carboxylic acids is 1. The van der Waals surface area contributed by atoms with Crippen molar-refractivity contribution in [2.75, 3.05) is 7.11 Å². The second kappa shape index (κ2) is 8.24. The predicted molar refractivity (Wildman–Crippen MR) is 129 cm³/mol. The Balaban J connectivity index is 1.63. The first kappa shape index (κ1) is 20.5. The lowest BCUT2D eigenvalue weighted by atomic mass is 10.0. The van der Waals surface area contributed by atoms with Crippen LogP contribution in [0.2, 0.25) is 0 Å². The normalized spacial score (nSPS) is 11.1. The minimum absolute atomic E-state index is 0.000756. The fourth-order valence-electron chi connectivity index (χ4n) is 4.21. The van der Waals surface area contributed by atoms with Gasteiger partial charge in [0.2, 0.25) is 5.88 Å². The highest BCUT2D eigenvalue weighted by molar-refractivity contribution is 5.98. The van der Waals surface area contributed by atoms with Gasteiger partial charge in [-0.25, -0.2) is 4.79 Å². The maximum Gasteiger partial charge on any atom is 0.337 e. The molecule has 0 unspecified atom stereocenters. The number of benzene rings is 4. The van der Waals surface area contributed by atoms with Gasteiger partial charge in [0.05, 0.1) is 24.7 Å². The largest absolute Gasteiger partial charge is 0.493 e. The van der Waals surface area contributed by atoms with Gasteiger partial charge < -0.3 is 14.4 Å². The first-order chi connectivity index (χ1) is 16.1. The molecule has 5 rings (SSSR count). The van der Waals surface area contributed by atoms with Crippen LogP contribution in [0, 0.1) is 4.91 Å². The van der Waals surface area contributed by atoms with Crippen molar-refractivity contribution >= 4 is 33.3 Å². The van der Waals surface area contributed by atoms with E-state index in [9.17, 15) is 14.8 Å². The Hall–Kier alpha value is -4.45. The molecule has 0 aliphatic rings. The van der Waals surface area contributed by atoms with Gasteiger partial charge in [0.1, 0.15) is 0 Å². The van der Waals surface area contributed by atoms with Crippen molar-refractivity contribution in [2.45, 2.75) is 6.54 Å². The summed E-state index contributed by atoms with van der Waals surface area (Å²) >= 11 is 0. The van der Waals surface area contributed by atoms with E-state index in [0.717, 1.165) is 27.5 Å². The van der Waals surface area contributed by atoms with Crippen LogP contribution in [0.25, 0.3) is 32.8 Å². The molecule has 0 saturated heterocycles. The zero-order chi connectivity index (χ0) is 22.9. The molecule has 0 aliphatic heterocycles. The molecule has 0 fully saturated rings. The SMILES string of the molecule is COC(=O)c1cccc(Cn2c(O)c(N=O)c3ccc(-c4ccc5ccccc5c4)cc32)c1. The van der Waals surface area contributed by atoms with Crippen molar-refractivity contribution in [3.8, 4) is 17.0 Å². The van der Waals surface area contributed by atoms with Crippen LogP contribution in [0.5, 0.6) is 5.88 Å². The van der Waals surface area contributed by atoms with Crippen LogP contribution in [-0.2, 0) is 11.3 Å². The molecule has 4 aromatic carbocycles. The topological polar surface area (TPSA) is 80.9 Å². The number of rotatable bonds is 5. The first-order valence-corrected chi connectivity index (χ1v) is 10.4. The Morgan fingerprint density at radius 3 is 2.45 bits per heavy atom. The highest BCUT2D eigenvalue weighted by Gasteiger charge is 2.19. The molecule has 0 radical (unpaired) electrons. The molecule has 1 N–H and O–H groups in total. The fourth-order valence-corrected chi connectivity index (χ4v) is 4.21. The molecule has 6 nitrogen and oxygen atoms in total. The summed E-state index contributed by atoms with van der Waals surface area (Å²) in [6.07, 6.45) is 0. The lowest BCUT2D eigenvalue weighted by Gasteiger charge is -2.10. The maximum absolute atomic E-state index is 11.9. The second-order valence-electron chi connectivity index (χ2n) is 7.84. The highest BCUT2D eigenvalue weighted by Crippen LogP contribution is 2.40. The van der Waals surface area contributed by atoms with Gasteiger partial charge in [-0.2, -0.15) is 0 Å². The lowest BCUT2D eigenvalue weighted by molar-refractivity contribution is 0.0600. The number of aromatic nitrogens is 1. The fraction of sp³-hybridized carbons (Fsp3) is 0.0741. The smallest absolute Gasteiger partial charge is 0.337 e. The zero-order valence-electron chi connectivity index (χ0n) is 17.9. The molecule has 6 heteroatoms. The Bertz CT molecular complexity index is 1530. The van der Waals surface area contributed by atoms with Crippen molar-refractivity contribution in [3.63, 3.8) is 0 Å². The summed E-state index contributed by atoms with van der Waals surface area (Å²) < 4.78 is 6.43. The van der Waals surface area contributed by atoms with Gasteiger partial charge in [0.15, 0.2) is 5.69 Å². The summed E-state index contributed by atoms with van der Waals surface area (Å²) in [6.45, 7) is 0.254. The van der Waals surface area contributed by atoms with E-state index in [1.165, 1.54) is 7.11 Å². The number of ether oxygens (including phenoxy) is 1. The molecule has 0 atom stereocenters. The average molecular weight is 436 g/mol. The summed E-state index contributed by atoms with van der Waals surface area (Å²) in [4.78, 5) is 23.4. The van der Waals surface area contributed by atoms with E-state index in [1.807, 2.05) is 30.3 Å². The average Bonchev–Trinajstić information content (AvgIpc) is 3.13. The molecule has 5 aromatic rings. The minimum Gasteiger partial charge on any atom is -0.493 e. The van der Waals surface area contributed by atoms with Crippen LogP contribution in [0.1, 0.15) is 15.9 Å².